The third-order valence-corrected chi connectivity index (χ3v) is 4.20. The highest BCUT2D eigenvalue weighted by Gasteiger charge is 2.18. The summed E-state index contributed by atoms with van der Waals surface area (Å²) in [6.07, 6.45) is 5.56. The first-order chi connectivity index (χ1) is 9.20. The van der Waals surface area contributed by atoms with E-state index in [-0.39, 0.29) is 0 Å². The van der Waals surface area contributed by atoms with E-state index in [1.165, 1.54) is 25.8 Å². The van der Waals surface area contributed by atoms with Crippen molar-refractivity contribution in [2.75, 3.05) is 26.2 Å². The normalized spacial score (nSPS) is 20.1. The maximum atomic E-state index is 6.05. The molecule has 1 aliphatic heterocycles. The molecule has 4 nitrogen and oxygen atoms in total. The molecule has 1 aromatic heterocycles. The number of halogens is 1. The van der Waals surface area contributed by atoms with E-state index in [4.69, 9.17) is 11.6 Å². The summed E-state index contributed by atoms with van der Waals surface area (Å²) in [6.45, 7) is 7.75. The Kier molecular flexibility index (Phi) is 5.67. The van der Waals surface area contributed by atoms with Crippen LogP contribution in [-0.2, 0) is 13.6 Å². The third kappa shape index (κ3) is 4.20. The maximum Gasteiger partial charge on any atom is 0.128 e. The van der Waals surface area contributed by atoms with E-state index < -0.39 is 0 Å². The van der Waals surface area contributed by atoms with Crippen molar-refractivity contribution in [3.8, 4) is 0 Å². The number of nitrogens with zero attached hydrogens (tertiary/aromatic N) is 3. The summed E-state index contributed by atoms with van der Waals surface area (Å²) in [6, 6.07) is 0. The Bertz CT molecular complexity index is 385. The Morgan fingerprint density at radius 1 is 1.58 bits per heavy atom. The van der Waals surface area contributed by atoms with Gasteiger partial charge in [0.05, 0.1) is 12.7 Å². The molecule has 1 aliphatic rings. The lowest BCUT2D eigenvalue weighted by Crippen LogP contribution is -2.38. The molecule has 0 saturated carbocycles. The lowest BCUT2D eigenvalue weighted by atomic mass is 9.99. The highest BCUT2D eigenvalue weighted by Crippen LogP contribution is 2.15. The van der Waals surface area contributed by atoms with Gasteiger partial charge in [-0.15, -0.1) is 0 Å². The average molecular weight is 285 g/mol. The molecule has 1 fully saturated rings. The van der Waals surface area contributed by atoms with Gasteiger partial charge in [-0.2, -0.15) is 0 Å². The van der Waals surface area contributed by atoms with Crippen LogP contribution in [0.3, 0.4) is 0 Å². The third-order valence-electron chi connectivity index (χ3n) is 3.85. The van der Waals surface area contributed by atoms with E-state index in [2.05, 4.69) is 22.1 Å². The van der Waals surface area contributed by atoms with Crippen LogP contribution in [-0.4, -0.2) is 40.6 Å². The number of imidazole rings is 1. The molecule has 0 aliphatic carbocycles. The fourth-order valence-electron chi connectivity index (χ4n) is 2.77. The van der Waals surface area contributed by atoms with Crippen molar-refractivity contribution in [1.82, 2.24) is 19.8 Å². The molecule has 5 heteroatoms. The van der Waals surface area contributed by atoms with Crippen molar-refractivity contribution in [3.05, 3.63) is 17.2 Å². The van der Waals surface area contributed by atoms with E-state index in [9.17, 15) is 0 Å². The summed E-state index contributed by atoms with van der Waals surface area (Å²) >= 11 is 6.05. The van der Waals surface area contributed by atoms with Crippen LogP contribution in [0.15, 0.2) is 6.20 Å². The second-order valence-electron chi connectivity index (χ2n) is 5.50. The number of hydrogen-bond acceptors (Lipinski definition) is 3. The minimum atomic E-state index is 0.714. The Morgan fingerprint density at radius 2 is 2.42 bits per heavy atom. The van der Waals surface area contributed by atoms with Crippen LogP contribution in [0.4, 0.5) is 0 Å². The molecule has 1 atom stereocenters. The van der Waals surface area contributed by atoms with Crippen molar-refractivity contribution in [3.63, 3.8) is 0 Å². The predicted molar refractivity (Wildman–Crippen MR) is 79.4 cm³/mol. The molecule has 0 spiro atoms. The minimum absolute atomic E-state index is 0.714. The van der Waals surface area contributed by atoms with Gasteiger partial charge in [0.25, 0.3) is 0 Å². The molecule has 0 bridgehead atoms. The van der Waals surface area contributed by atoms with E-state index in [0.29, 0.717) is 5.15 Å². The number of rotatable bonds is 6. The molecule has 0 amide bonds. The number of hydrogen-bond donors (Lipinski definition) is 1. The fourth-order valence-corrected chi connectivity index (χ4v) is 2.91. The summed E-state index contributed by atoms with van der Waals surface area (Å²) in [5.74, 6) is 1.83. The zero-order valence-electron chi connectivity index (χ0n) is 12.0. The minimum Gasteiger partial charge on any atom is -0.321 e. The highest BCUT2D eigenvalue weighted by atomic mass is 35.5. The van der Waals surface area contributed by atoms with E-state index >= 15 is 0 Å². The van der Waals surface area contributed by atoms with Crippen LogP contribution < -0.4 is 5.32 Å². The van der Waals surface area contributed by atoms with Gasteiger partial charge in [-0.25, -0.2) is 4.98 Å². The van der Waals surface area contributed by atoms with Crippen molar-refractivity contribution in [2.45, 2.75) is 32.7 Å². The average Bonchev–Trinajstić information content (AvgIpc) is 2.72. The Hall–Kier alpha value is -0.580. The van der Waals surface area contributed by atoms with Crippen LogP contribution >= 0.6 is 11.6 Å². The number of aromatic nitrogens is 2. The van der Waals surface area contributed by atoms with Crippen molar-refractivity contribution < 1.29 is 0 Å². The van der Waals surface area contributed by atoms with Gasteiger partial charge in [-0.05, 0) is 44.8 Å². The SMILES string of the molecule is CCCN(Cc1ncc(Cl)n1C)CC1CCCNC1. The largest absolute Gasteiger partial charge is 0.321 e. The van der Waals surface area contributed by atoms with Crippen LogP contribution in [0.2, 0.25) is 5.15 Å². The number of piperidine rings is 1. The highest BCUT2D eigenvalue weighted by molar-refractivity contribution is 6.29. The van der Waals surface area contributed by atoms with E-state index in [1.54, 1.807) is 6.20 Å². The first-order valence-electron chi connectivity index (χ1n) is 7.30. The van der Waals surface area contributed by atoms with Crippen molar-refractivity contribution in [1.29, 1.82) is 0 Å². The Morgan fingerprint density at radius 3 is 3.00 bits per heavy atom. The van der Waals surface area contributed by atoms with Crippen LogP contribution in [0.5, 0.6) is 0 Å². The Labute approximate surface area is 121 Å². The summed E-state index contributed by atoms with van der Waals surface area (Å²) in [4.78, 5) is 6.91. The zero-order valence-corrected chi connectivity index (χ0v) is 12.8. The second-order valence-corrected chi connectivity index (χ2v) is 5.89. The van der Waals surface area contributed by atoms with Gasteiger partial charge in [0.15, 0.2) is 0 Å². The van der Waals surface area contributed by atoms with Crippen molar-refractivity contribution >= 4 is 11.6 Å². The van der Waals surface area contributed by atoms with Gasteiger partial charge >= 0.3 is 0 Å². The lowest BCUT2D eigenvalue weighted by molar-refractivity contribution is 0.196. The molecule has 1 N–H and O–H groups in total. The molecule has 19 heavy (non-hydrogen) atoms. The van der Waals surface area contributed by atoms with E-state index in [0.717, 1.165) is 37.9 Å². The predicted octanol–water partition coefficient (Wildman–Crippen LogP) is 2.29. The molecular formula is C14H25ClN4. The molecule has 1 saturated heterocycles. The van der Waals surface area contributed by atoms with Crippen LogP contribution in [0.1, 0.15) is 32.0 Å². The monoisotopic (exact) mass is 284 g/mol. The number of nitrogens with one attached hydrogen (secondary N) is 1. The zero-order chi connectivity index (χ0) is 13.7. The quantitative estimate of drug-likeness (QED) is 0.870. The Balaban J connectivity index is 1.93. The molecule has 1 unspecified atom stereocenters. The maximum absolute atomic E-state index is 6.05. The van der Waals surface area contributed by atoms with Gasteiger partial charge < -0.3 is 9.88 Å². The second kappa shape index (κ2) is 7.27. The van der Waals surface area contributed by atoms with Gasteiger partial charge in [0.1, 0.15) is 11.0 Å². The summed E-state index contributed by atoms with van der Waals surface area (Å²) < 4.78 is 1.98. The molecule has 1 aromatic rings. The first kappa shape index (κ1) is 14.8. The fraction of sp³-hybridized carbons (Fsp3) is 0.786. The first-order valence-corrected chi connectivity index (χ1v) is 7.67. The molecule has 2 rings (SSSR count). The molecule has 2 heterocycles. The summed E-state index contributed by atoms with van der Waals surface area (Å²) in [5, 5.41) is 4.21. The molecule has 108 valence electrons. The lowest BCUT2D eigenvalue weighted by Gasteiger charge is -2.29. The van der Waals surface area contributed by atoms with Crippen LogP contribution in [0, 0.1) is 5.92 Å². The molecule has 0 aromatic carbocycles. The summed E-state index contributed by atoms with van der Waals surface area (Å²) in [7, 11) is 1.98. The van der Waals surface area contributed by atoms with Crippen molar-refractivity contribution in [2.24, 2.45) is 13.0 Å². The van der Waals surface area contributed by atoms with Gasteiger partial charge in [-0.3, -0.25) is 4.90 Å². The smallest absolute Gasteiger partial charge is 0.128 e. The standard InChI is InChI=1S/C14H25ClN4/c1-3-7-19(10-12-5-4-6-16-8-12)11-14-17-9-13(15)18(14)2/h9,12,16H,3-8,10-11H2,1-2H3. The summed E-state index contributed by atoms with van der Waals surface area (Å²) in [5.41, 5.74) is 0. The van der Waals surface area contributed by atoms with Gasteiger partial charge in [0.2, 0.25) is 0 Å². The molecule has 0 radical (unpaired) electrons. The van der Waals surface area contributed by atoms with E-state index in [1.807, 2.05) is 11.6 Å². The topological polar surface area (TPSA) is 33.1 Å². The molecular weight excluding hydrogens is 260 g/mol. The van der Waals surface area contributed by atoms with Gasteiger partial charge in [0, 0.05) is 13.6 Å². The van der Waals surface area contributed by atoms with Gasteiger partial charge in [-0.1, -0.05) is 18.5 Å². The van der Waals surface area contributed by atoms with Crippen LogP contribution in [0.25, 0.3) is 0 Å².